The van der Waals surface area contributed by atoms with Gasteiger partial charge < -0.3 is 0 Å². The molecule has 4 heteroatoms. The molecule has 1 saturated heterocycles. The van der Waals surface area contributed by atoms with Crippen LogP contribution in [0.3, 0.4) is 0 Å². The predicted octanol–water partition coefficient (Wildman–Crippen LogP) is -0.430. The lowest BCUT2D eigenvalue weighted by Gasteiger charge is -2.02. The molecule has 1 rings (SSSR count). The fraction of sp³-hybridized carbons (Fsp3) is 0.750. The Hall–Kier alpha value is -0.280. The molecule has 0 spiro atoms. The monoisotopic (exact) mass is 134 g/mol. The van der Waals surface area contributed by atoms with E-state index >= 15 is 0 Å². The van der Waals surface area contributed by atoms with Crippen molar-refractivity contribution in [2.45, 2.75) is 5.38 Å². The molecule has 46 valence electrons. The minimum Gasteiger partial charge on any atom is -0.288 e. The Kier molecular flexibility index (Phi) is 1.40. The zero-order chi connectivity index (χ0) is 6.15. The number of alkyl halides is 1. The van der Waals surface area contributed by atoms with Crippen molar-refractivity contribution in [3.63, 3.8) is 0 Å². The smallest absolute Gasteiger partial charge is 0.253 e. The average molecular weight is 135 g/mol. The van der Waals surface area contributed by atoms with Crippen molar-refractivity contribution in [3.8, 4) is 0 Å². The fourth-order valence-electron chi connectivity index (χ4n) is 0.627. The predicted molar refractivity (Wildman–Crippen MR) is 30.4 cm³/mol. The van der Waals surface area contributed by atoms with E-state index in [1.807, 2.05) is 0 Å². The molecule has 0 radical (unpaired) electrons. The summed E-state index contributed by atoms with van der Waals surface area (Å²) in [6.07, 6.45) is 0. The van der Waals surface area contributed by atoms with Gasteiger partial charge in [-0.05, 0) is 0 Å². The van der Waals surface area contributed by atoms with Crippen LogP contribution in [0.25, 0.3) is 0 Å². The maximum absolute atomic E-state index is 10.5. The van der Waals surface area contributed by atoms with Crippen LogP contribution in [-0.4, -0.2) is 29.9 Å². The van der Waals surface area contributed by atoms with Crippen LogP contribution in [0.1, 0.15) is 0 Å². The summed E-state index contributed by atoms with van der Waals surface area (Å²) in [6.45, 7) is 0.598. The normalized spacial score (nSPS) is 30.8. The first-order valence-electron chi connectivity index (χ1n) is 2.36. The number of nitrogens with zero attached hydrogens (tertiary/aromatic N) is 1. The summed E-state index contributed by atoms with van der Waals surface area (Å²) in [5.41, 5.74) is 2.53. The van der Waals surface area contributed by atoms with Crippen molar-refractivity contribution < 1.29 is 4.79 Å². The zero-order valence-electron chi connectivity index (χ0n) is 4.52. The molecular weight excluding hydrogens is 128 g/mol. The first-order chi connectivity index (χ1) is 3.70. The number of amides is 1. The molecule has 0 aromatic rings. The van der Waals surface area contributed by atoms with E-state index in [0.717, 1.165) is 0 Å². The summed E-state index contributed by atoms with van der Waals surface area (Å²) in [5.74, 6) is -0.103. The van der Waals surface area contributed by atoms with Crippen molar-refractivity contribution >= 4 is 17.5 Å². The van der Waals surface area contributed by atoms with E-state index in [9.17, 15) is 4.79 Å². The van der Waals surface area contributed by atoms with Crippen LogP contribution in [0, 0.1) is 0 Å². The van der Waals surface area contributed by atoms with Gasteiger partial charge in [0.2, 0.25) is 0 Å². The van der Waals surface area contributed by atoms with E-state index in [1.54, 1.807) is 12.1 Å². The highest BCUT2D eigenvalue weighted by Gasteiger charge is 2.25. The number of hydrazine groups is 1. The van der Waals surface area contributed by atoms with Crippen LogP contribution >= 0.6 is 11.6 Å². The van der Waals surface area contributed by atoms with Crippen molar-refractivity contribution in [2.24, 2.45) is 0 Å². The largest absolute Gasteiger partial charge is 0.288 e. The summed E-state index contributed by atoms with van der Waals surface area (Å²) in [6, 6.07) is 0. The van der Waals surface area contributed by atoms with E-state index in [4.69, 9.17) is 11.6 Å². The highest BCUT2D eigenvalue weighted by molar-refractivity contribution is 6.31. The molecule has 0 aliphatic carbocycles. The van der Waals surface area contributed by atoms with Gasteiger partial charge in [-0.3, -0.25) is 10.2 Å². The molecule has 0 bridgehead atoms. The summed E-state index contributed by atoms with van der Waals surface area (Å²) in [4.78, 5) is 10.5. The standard InChI is InChI=1S/C4H7ClN2O/c1-7-2-3(5)4(8)6-7/h3H,2H2,1H3,(H,6,8). The minimum atomic E-state index is -0.361. The van der Waals surface area contributed by atoms with E-state index in [0.29, 0.717) is 6.54 Å². The second kappa shape index (κ2) is 1.91. The van der Waals surface area contributed by atoms with Gasteiger partial charge in [-0.25, -0.2) is 5.01 Å². The molecule has 1 fully saturated rings. The van der Waals surface area contributed by atoms with Crippen molar-refractivity contribution in [2.75, 3.05) is 13.6 Å². The van der Waals surface area contributed by atoms with Crippen LogP contribution in [0.15, 0.2) is 0 Å². The van der Waals surface area contributed by atoms with Gasteiger partial charge in [-0.2, -0.15) is 0 Å². The lowest BCUT2D eigenvalue weighted by molar-refractivity contribution is -0.120. The van der Waals surface area contributed by atoms with Gasteiger partial charge in [0.25, 0.3) is 5.91 Å². The quantitative estimate of drug-likeness (QED) is 0.456. The van der Waals surface area contributed by atoms with Crippen LogP contribution in [0.4, 0.5) is 0 Å². The second-order valence-corrected chi connectivity index (χ2v) is 2.35. The van der Waals surface area contributed by atoms with Gasteiger partial charge in [-0.15, -0.1) is 11.6 Å². The molecule has 0 saturated carbocycles. The number of carbonyl (C=O) groups excluding carboxylic acids is 1. The van der Waals surface area contributed by atoms with Crippen LogP contribution in [-0.2, 0) is 4.79 Å². The average Bonchev–Trinajstić information content (AvgIpc) is 1.85. The molecule has 3 nitrogen and oxygen atoms in total. The van der Waals surface area contributed by atoms with E-state index in [1.165, 1.54) is 0 Å². The highest BCUT2D eigenvalue weighted by atomic mass is 35.5. The molecular formula is C4H7ClN2O. The Morgan fingerprint density at radius 2 is 2.62 bits per heavy atom. The summed E-state index contributed by atoms with van der Waals surface area (Å²) < 4.78 is 0. The number of carbonyl (C=O) groups is 1. The number of rotatable bonds is 0. The lowest BCUT2D eigenvalue weighted by Crippen LogP contribution is -2.28. The summed E-state index contributed by atoms with van der Waals surface area (Å²) in [5, 5.41) is 1.31. The third-order valence-corrected chi connectivity index (χ3v) is 1.36. The van der Waals surface area contributed by atoms with Crippen molar-refractivity contribution in [3.05, 3.63) is 0 Å². The summed E-state index contributed by atoms with van der Waals surface area (Å²) in [7, 11) is 1.78. The molecule has 1 aliphatic rings. The Labute approximate surface area is 52.6 Å². The van der Waals surface area contributed by atoms with Gasteiger partial charge in [0.05, 0.1) is 0 Å². The molecule has 1 N–H and O–H groups in total. The molecule has 1 unspecified atom stereocenters. The molecule has 1 atom stereocenters. The second-order valence-electron chi connectivity index (χ2n) is 1.82. The van der Waals surface area contributed by atoms with E-state index in [2.05, 4.69) is 5.43 Å². The molecule has 1 heterocycles. The van der Waals surface area contributed by atoms with Crippen molar-refractivity contribution in [1.29, 1.82) is 0 Å². The summed E-state index contributed by atoms with van der Waals surface area (Å²) >= 11 is 5.50. The number of hydrogen-bond acceptors (Lipinski definition) is 2. The minimum absolute atomic E-state index is 0.103. The Bertz CT molecular complexity index is 117. The number of halogens is 1. The fourth-order valence-corrected chi connectivity index (χ4v) is 0.883. The molecule has 1 amide bonds. The van der Waals surface area contributed by atoms with Gasteiger partial charge >= 0.3 is 0 Å². The van der Waals surface area contributed by atoms with Gasteiger partial charge in [0.1, 0.15) is 5.38 Å². The number of nitrogens with one attached hydrogen (secondary N) is 1. The van der Waals surface area contributed by atoms with Crippen LogP contribution in [0.5, 0.6) is 0 Å². The SMILES string of the molecule is CN1CC(Cl)C(=O)N1. The van der Waals surface area contributed by atoms with Crippen molar-refractivity contribution in [1.82, 2.24) is 10.4 Å². The first kappa shape index (κ1) is 5.85. The van der Waals surface area contributed by atoms with E-state index in [-0.39, 0.29) is 11.3 Å². The maximum Gasteiger partial charge on any atom is 0.253 e. The van der Waals surface area contributed by atoms with Crippen LogP contribution in [0.2, 0.25) is 0 Å². The molecule has 8 heavy (non-hydrogen) atoms. The Morgan fingerprint density at radius 3 is 2.75 bits per heavy atom. The Balaban J connectivity index is 2.51. The first-order valence-corrected chi connectivity index (χ1v) is 2.79. The Morgan fingerprint density at radius 1 is 2.00 bits per heavy atom. The van der Waals surface area contributed by atoms with E-state index < -0.39 is 0 Å². The zero-order valence-corrected chi connectivity index (χ0v) is 5.27. The maximum atomic E-state index is 10.5. The lowest BCUT2D eigenvalue weighted by atomic mass is 10.4. The molecule has 0 aromatic carbocycles. The highest BCUT2D eigenvalue weighted by Crippen LogP contribution is 2.03. The van der Waals surface area contributed by atoms with Crippen LogP contribution < -0.4 is 5.43 Å². The molecule has 0 aromatic heterocycles. The van der Waals surface area contributed by atoms with Gasteiger partial charge in [0, 0.05) is 13.6 Å². The van der Waals surface area contributed by atoms with Gasteiger partial charge in [-0.1, -0.05) is 0 Å². The third-order valence-electron chi connectivity index (χ3n) is 1.02. The third kappa shape index (κ3) is 0.928. The van der Waals surface area contributed by atoms with Gasteiger partial charge in [0.15, 0.2) is 0 Å². The molecule has 1 aliphatic heterocycles. The number of hydrogen-bond donors (Lipinski definition) is 1. The topological polar surface area (TPSA) is 32.3 Å².